The maximum atomic E-state index is 12.5. The van der Waals surface area contributed by atoms with E-state index in [1.54, 1.807) is 31.7 Å². The Morgan fingerprint density at radius 3 is 2.66 bits per heavy atom. The van der Waals surface area contributed by atoms with Gasteiger partial charge in [-0.3, -0.25) is 4.79 Å². The number of benzene rings is 1. The molecule has 0 spiro atoms. The van der Waals surface area contributed by atoms with Crippen LogP contribution < -0.4 is 19.9 Å². The molecular weight excluding hydrogens is 368 g/mol. The van der Waals surface area contributed by atoms with Gasteiger partial charge in [0.25, 0.3) is 5.91 Å². The van der Waals surface area contributed by atoms with Crippen LogP contribution in [0.15, 0.2) is 65.4 Å². The normalized spacial score (nSPS) is 14.0. The van der Waals surface area contributed by atoms with Gasteiger partial charge in [-0.15, -0.1) is 0 Å². The summed E-state index contributed by atoms with van der Waals surface area (Å²) in [5.74, 6) is 2.28. The van der Waals surface area contributed by atoms with Crippen molar-refractivity contribution in [3.05, 3.63) is 72.3 Å². The number of para-hydroxylation sites is 2. The molecule has 0 bridgehead atoms. The quantitative estimate of drug-likeness (QED) is 0.696. The van der Waals surface area contributed by atoms with Gasteiger partial charge < -0.3 is 24.3 Å². The van der Waals surface area contributed by atoms with Crippen molar-refractivity contribution in [2.75, 3.05) is 43.1 Å². The number of hydrogen-bond acceptors (Lipinski definition) is 6. The Morgan fingerprint density at radius 1 is 1.10 bits per heavy atom. The molecule has 1 amide bonds. The lowest BCUT2D eigenvalue weighted by molar-refractivity contribution is 0.0948. The molecule has 3 heterocycles. The standard InChI is InChI=1S/C22H24N4O3/c1-28-20-7-3-2-6-19(20)25-10-12-26(13-11-25)21-15-17(8-9-23-21)22(27)24-16-18-5-4-14-29-18/h2-9,14-15H,10-13,16H2,1H3,(H,24,27). The van der Waals surface area contributed by atoms with Gasteiger partial charge in [-0.05, 0) is 36.4 Å². The fraction of sp³-hybridized carbons (Fsp3) is 0.273. The van der Waals surface area contributed by atoms with Crippen LogP contribution in [0, 0.1) is 0 Å². The molecule has 4 rings (SSSR count). The molecular formula is C22H24N4O3. The zero-order valence-electron chi connectivity index (χ0n) is 16.4. The van der Waals surface area contributed by atoms with Gasteiger partial charge in [0.05, 0.1) is 25.6 Å². The third kappa shape index (κ3) is 4.34. The third-order valence-corrected chi connectivity index (χ3v) is 5.04. The number of carbonyl (C=O) groups excluding carboxylic acids is 1. The monoisotopic (exact) mass is 392 g/mol. The van der Waals surface area contributed by atoms with Crippen molar-refractivity contribution in [3.8, 4) is 5.75 Å². The fourth-order valence-corrected chi connectivity index (χ4v) is 3.48. The zero-order chi connectivity index (χ0) is 20.1. The lowest BCUT2D eigenvalue weighted by atomic mass is 10.2. The van der Waals surface area contributed by atoms with Crippen LogP contribution in [0.1, 0.15) is 16.1 Å². The molecule has 0 atom stereocenters. The number of amides is 1. The first-order valence-corrected chi connectivity index (χ1v) is 9.64. The van der Waals surface area contributed by atoms with Crippen molar-refractivity contribution in [1.29, 1.82) is 0 Å². The van der Waals surface area contributed by atoms with Crippen molar-refractivity contribution in [2.45, 2.75) is 6.54 Å². The van der Waals surface area contributed by atoms with Crippen molar-refractivity contribution >= 4 is 17.4 Å². The summed E-state index contributed by atoms with van der Waals surface area (Å²) >= 11 is 0. The number of nitrogens with zero attached hydrogens (tertiary/aromatic N) is 3. The Morgan fingerprint density at radius 2 is 1.90 bits per heavy atom. The van der Waals surface area contributed by atoms with E-state index in [1.165, 1.54) is 0 Å². The molecule has 150 valence electrons. The second-order valence-corrected chi connectivity index (χ2v) is 6.81. The maximum absolute atomic E-state index is 12.5. The van der Waals surface area contributed by atoms with E-state index in [9.17, 15) is 4.79 Å². The highest BCUT2D eigenvalue weighted by molar-refractivity contribution is 5.94. The summed E-state index contributed by atoms with van der Waals surface area (Å²) in [6.45, 7) is 3.72. The van der Waals surface area contributed by atoms with Crippen molar-refractivity contribution in [2.24, 2.45) is 0 Å². The molecule has 7 heteroatoms. The summed E-state index contributed by atoms with van der Waals surface area (Å²) in [6.07, 6.45) is 3.28. The molecule has 1 N–H and O–H groups in total. The minimum Gasteiger partial charge on any atom is -0.495 e. The summed E-state index contributed by atoms with van der Waals surface area (Å²) < 4.78 is 10.7. The molecule has 1 aliphatic heterocycles. The van der Waals surface area contributed by atoms with Gasteiger partial charge in [0.15, 0.2) is 0 Å². The molecule has 2 aromatic heterocycles. The first kappa shape index (κ1) is 18.9. The van der Waals surface area contributed by atoms with Crippen LogP contribution in [-0.4, -0.2) is 44.2 Å². The first-order chi connectivity index (χ1) is 14.2. The number of furan rings is 1. The van der Waals surface area contributed by atoms with Crippen LogP contribution in [-0.2, 0) is 6.54 Å². The van der Waals surface area contributed by atoms with Gasteiger partial charge in [-0.1, -0.05) is 12.1 Å². The van der Waals surface area contributed by atoms with Crippen LogP contribution >= 0.6 is 0 Å². The molecule has 0 saturated carbocycles. The van der Waals surface area contributed by atoms with Crippen LogP contribution in [0.2, 0.25) is 0 Å². The van der Waals surface area contributed by atoms with E-state index in [2.05, 4.69) is 26.2 Å². The number of anilines is 2. The Bertz CT molecular complexity index is 950. The number of hydrogen-bond donors (Lipinski definition) is 1. The molecule has 0 unspecified atom stereocenters. The average molecular weight is 392 g/mol. The van der Waals surface area contributed by atoms with E-state index < -0.39 is 0 Å². The SMILES string of the molecule is COc1ccccc1N1CCN(c2cc(C(=O)NCc3ccco3)ccn2)CC1. The Hall–Kier alpha value is -3.48. The van der Waals surface area contributed by atoms with Gasteiger partial charge in [0, 0.05) is 37.9 Å². The fourth-order valence-electron chi connectivity index (χ4n) is 3.48. The van der Waals surface area contributed by atoms with E-state index >= 15 is 0 Å². The van der Waals surface area contributed by atoms with Crippen molar-refractivity contribution in [1.82, 2.24) is 10.3 Å². The minimum atomic E-state index is -0.141. The number of aromatic nitrogens is 1. The zero-order valence-corrected chi connectivity index (χ0v) is 16.4. The van der Waals surface area contributed by atoms with Gasteiger partial charge >= 0.3 is 0 Å². The smallest absolute Gasteiger partial charge is 0.251 e. The maximum Gasteiger partial charge on any atom is 0.251 e. The summed E-state index contributed by atoms with van der Waals surface area (Å²) in [5, 5.41) is 2.87. The third-order valence-electron chi connectivity index (χ3n) is 5.04. The minimum absolute atomic E-state index is 0.141. The molecule has 1 aliphatic rings. The number of rotatable bonds is 6. The van der Waals surface area contributed by atoms with E-state index in [1.807, 2.05) is 30.3 Å². The molecule has 1 aromatic carbocycles. The molecule has 7 nitrogen and oxygen atoms in total. The first-order valence-electron chi connectivity index (χ1n) is 9.64. The van der Waals surface area contributed by atoms with Gasteiger partial charge in [-0.2, -0.15) is 0 Å². The highest BCUT2D eigenvalue weighted by Crippen LogP contribution is 2.29. The number of nitrogens with one attached hydrogen (secondary N) is 1. The van der Waals surface area contributed by atoms with E-state index in [0.29, 0.717) is 12.1 Å². The predicted molar refractivity (Wildman–Crippen MR) is 112 cm³/mol. The van der Waals surface area contributed by atoms with Gasteiger partial charge in [0.1, 0.15) is 17.3 Å². The topological polar surface area (TPSA) is 70.8 Å². The van der Waals surface area contributed by atoms with Gasteiger partial charge in [-0.25, -0.2) is 4.98 Å². The van der Waals surface area contributed by atoms with E-state index in [0.717, 1.165) is 49.2 Å². The van der Waals surface area contributed by atoms with E-state index in [4.69, 9.17) is 9.15 Å². The second-order valence-electron chi connectivity index (χ2n) is 6.81. The van der Waals surface area contributed by atoms with Crippen molar-refractivity contribution < 1.29 is 13.9 Å². The number of carbonyl (C=O) groups is 1. The Kier molecular flexibility index (Phi) is 5.65. The molecule has 1 saturated heterocycles. The lowest BCUT2D eigenvalue weighted by Crippen LogP contribution is -2.47. The highest BCUT2D eigenvalue weighted by Gasteiger charge is 2.21. The van der Waals surface area contributed by atoms with Gasteiger partial charge in [0.2, 0.25) is 0 Å². The number of piperazine rings is 1. The predicted octanol–water partition coefficient (Wildman–Crippen LogP) is 2.94. The van der Waals surface area contributed by atoms with Crippen LogP contribution in [0.3, 0.4) is 0 Å². The summed E-state index contributed by atoms with van der Waals surface area (Å²) in [7, 11) is 1.70. The lowest BCUT2D eigenvalue weighted by Gasteiger charge is -2.37. The van der Waals surface area contributed by atoms with Crippen molar-refractivity contribution in [3.63, 3.8) is 0 Å². The molecule has 3 aromatic rings. The second kappa shape index (κ2) is 8.68. The van der Waals surface area contributed by atoms with Crippen LogP contribution in [0.25, 0.3) is 0 Å². The van der Waals surface area contributed by atoms with Crippen LogP contribution in [0.5, 0.6) is 5.75 Å². The van der Waals surface area contributed by atoms with Crippen LogP contribution in [0.4, 0.5) is 11.5 Å². The largest absolute Gasteiger partial charge is 0.495 e. The molecule has 0 radical (unpaired) electrons. The Labute approximate surface area is 169 Å². The highest BCUT2D eigenvalue weighted by atomic mass is 16.5. The Balaban J connectivity index is 1.38. The molecule has 0 aliphatic carbocycles. The summed E-state index contributed by atoms with van der Waals surface area (Å²) in [4.78, 5) is 21.5. The average Bonchev–Trinajstić information content (AvgIpc) is 3.31. The molecule has 29 heavy (non-hydrogen) atoms. The molecule has 1 fully saturated rings. The number of methoxy groups -OCH3 is 1. The van der Waals surface area contributed by atoms with E-state index in [-0.39, 0.29) is 5.91 Å². The summed E-state index contributed by atoms with van der Waals surface area (Å²) in [5.41, 5.74) is 1.70. The number of pyridine rings is 1. The summed E-state index contributed by atoms with van der Waals surface area (Å²) in [6, 6.07) is 15.3. The number of ether oxygens (including phenoxy) is 1.